The van der Waals surface area contributed by atoms with Crippen LogP contribution in [0, 0.1) is 0 Å². The van der Waals surface area contributed by atoms with Crippen LogP contribution in [0.25, 0.3) is 0 Å². The van der Waals surface area contributed by atoms with Gasteiger partial charge in [-0.1, -0.05) is 19.1 Å². The summed E-state index contributed by atoms with van der Waals surface area (Å²) >= 11 is 0. The van der Waals surface area contributed by atoms with E-state index in [1.54, 1.807) is 4.90 Å². The number of anilines is 1. The fourth-order valence-electron chi connectivity index (χ4n) is 4.84. The van der Waals surface area contributed by atoms with E-state index < -0.39 is 65.3 Å². The smallest absolute Gasteiger partial charge is 0.472 e. The molecule has 3 atom stereocenters. The number of carbonyl (C=O) groups is 2. The van der Waals surface area contributed by atoms with Gasteiger partial charge in [-0.25, -0.2) is 23.2 Å². The van der Waals surface area contributed by atoms with Crippen molar-refractivity contribution in [2.45, 2.75) is 49.4 Å². The van der Waals surface area contributed by atoms with Gasteiger partial charge in [-0.05, 0) is 35.9 Å². The molecule has 0 bridgehead atoms. The van der Waals surface area contributed by atoms with Crippen LogP contribution < -0.4 is 30.7 Å². The third-order valence-corrected chi connectivity index (χ3v) is 8.88. The van der Waals surface area contributed by atoms with E-state index in [9.17, 15) is 40.0 Å². The highest BCUT2D eigenvalue weighted by Gasteiger charge is 2.36. The van der Waals surface area contributed by atoms with Crippen LogP contribution in [0.2, 0.25) is 0 Å². The van der Waals surface area contributed by atoms with Crippen molar-refractivity contribution in [2.75, 3.05) is 30.3 Å². The van der Waals surface area contributed by atoms with Crippen LogP contribution in [0.4, 0.5) is 32.6 Å². The lowest BCUT2D eigenvalue weighted by atomic mass is 10.1. The van der Waals surface area contributed by atoms with Crippen molar-refractivity contribution in [2.24, 2.45) is 5.73 Å². The van der Waals surface area contributed by atoms with Crippen LogP contribution in [0.1, 0.15) is 35.3 Å². The Morgan fingerprint density at radius 2 is 1.79 bits per heavy atom. The molecule has 3 aromatic rings. The Morgan fingerprint density at radius 3 is 2.35 bits per heavy atom. The van der Waals surface area contributed by atoms with Gasteiger partial charge in [0.2, 0.25) is 5.88 Å². The maximum atomic E-state index is 13.2. The van der Waals surface area contributed by atoms with Gasteiger partial charge in [0.25, 0.3) is 5.91 Å². The number of benzene rings is 1. The Morgan fingerprint density at radius 1 is 1.06 bits per heavy atom. The zero-order valence-corrected chi connectivity index (χ0v) is 26.0. The summed E-state index contributed by atoms with van der Waals surface area (Å²) in [5.41, 5.74) is 5.79. The van der Waals surface area contributed by atoms with Gasteiger partial charge < -0.3 is 35.5 Å². The largest absolute Gasteiger partial charge is 0.573 e. The van der Waals surface area contributed by atoms with Crippen molar-refractivity contribution in [1.82, 2.24) is 20.6 Å². The summed E-state index contributed by atoms with van der Waals surface area (Å²) in [4.78, 5) is 34.4. The predicted octanol–water partition coefficient (Wildman–Crippen LogP) is 3.57. The number of aromatic nitrogens is 2. The second-order valence-corrected chi connectivity index (χ2v) is 12.7. The average Bonchev–Trinajstić information content (AvgIpc) is 3.44. The van der Waals surface area contributed by atoms with Crippen molar-refractivity contribution >= 4 is 27.6 Å². The number of urea groups is 1. The number of nitrogens with zero attached hydrogens (tertiary/aromatic N) is 3. The minimum atomic E-state index is -4.89. The van der Waals surface area contributed by atoms with Gasteiger partial charge in [-0.15, -0.1) is 13.2 Å². The molecule has 19 heteroatoms. The summed E-state index contributed by atoms with van der Waals surface area (Å²) < 4.78 is 102. The van der Waals surface area contributed by atoms with Crippen LogP contribution in [0.15, 0.2) is 65.8 Å². The van der Waals surface area contributed by atoms with E-state index in [2.05, 4.69) is 30.1 Å². The van der Waals surface area contributed by atoms with Crippen LogP contribution >= 0.6 is 0 Å². The van der Waals surface area contributed by atoms with Gasteiger partial charge in [-0.3, -0.25) is 4.79 Å². The Labute approximate surface area is 271 Å². The second-order valence-electron chi connectivity index (χ2n) is 10.4. The molecule has 0 spiro atoms. The highest BCUT2D eigenvalue weighted by atomic mass is 32.2. The number of alkyl halides is 5. The molecular weight excluding hydrogens is 671 g/mol. The number of ether oxygens (including phenoxy) is 3. The number of sulfone groups is 1. The second kappa shape index (κ2) is 15.4. The van der Waals surface area contributed by atoms with Crippen LogP contribution in [-0.4, -0.2) is 80.9 Å². The molecule has 1 aromatic carbocycles. The van der Waals surface area contributed by atoms with Crippen molar-refractivity contribution in [3.63, 3.8) is 0 Å². The summed E-state index contributed by atoms with van der Waals surface area (Å²) in [5, 5.41) is 5.16. The van der Waals surface area contributed by atoms with Crippen molar-refractivity contribution in [1.29, 1.82) is 0 Å². The molecule has 1 fully saturated rings. The number of carbonyl (C=O) groups excluding carboxylic acids is 2. The predicted molar refractivity (Wildman–Crippen MR) is 159 cm³/mol. The molecule has 4 N–H and O–H groups in total. The Hall–Kier alpha value is -4.78. The Bertz CT molecular complexity index is 1650. The molecule has 2 aromatic heterocycles. The summed E-state index contributed by atoms with van der Waals surface area (Å²) in [6.45, 7) is -1.93. The first kappa shape index (κ1) is 36.1. The quantitative estimate of drug-likeness (QED) is 0.211. The monoisotopic (exact) mass is 702 g/mol. The molecule has 1 aliphatic rings. The minimum absolute atomic E-state index is 0.0214. The van der Waals surface area contributed by atoms with E-state index >= 15 is 0 Å². The topological polar surface area (TPSA) is 175 Å². The number of amides is 3. The molecule has 1 saturated heterocycles. The van der Waals surface area contributed by atoms with Crippen LogP contribution in [0.5, 0.6) is 11.6 Å². The van der Waals surface area contributed by atoms with E-state index in [0.717, 1.165) is 12.3 Å². The van der Waals surface area contributed by atoms with Crippen molar-refractivity contribution < 1.29 is 54.2 Å². The molecule has 4 rings (SSSR count). The summed E-state index contributed by atoms with van der Waals surface area (Å²) in [7, 11) is -3.47. The number of nitrogens with one attached hydrogen (secondary N) is 2. The lowest BCUT2D eigenvalue weighted by molar-refractivity contribution is -0.274. The summed E-state index contributed by atoms with van der Waals surface area (Å²) in [6.07, 6.45) is -3.28. The number of primary amides is 1. The lowest BCUT2D eigenvalue weighted by Crippen LogP contribution is -2.40. The number of nitrogens with two attached hydrogens (primary N) is 1. The molecule has 1 aliphatic heterocycles. The molecule has 0 unspecified atom stereocenters. The summed E-state index contributed by atoms with van der Waals surface area (Å²) in [5.74, 6) is -0.969. The van der Waals surface area contributed by atoms with E-state index in [1.165, 1.54) is 55.6 Å². The molecule has 0 aliphatic carbocycles. The van der Waals surface area contributed by atoms with Crippen molar-refractivity contribution in [3.05, 3.63) is 72.1 Å². The standard InChI is InChI=1S/C29H31F5N6O7S/c1-2-48(43,44)22-7-3-17(4-8-22)23(14-38-28(35)42)39-26(41)18-5-9-24(36-12-18)40-15-21(11-19(40)16-45-27(30)31)46-25-10-6-20(13-37-25)47-29(32,33)34/h3-10,12-13,19,21,23,27H,2,11,14-16H2,1H3,(H,39,41)(H3,35,38,42)/t19-,21-,23-/m0/s1. The number of hydrogen-bond donors (Lipinski definition) is 3. The Balaban J connectivity index is 1.46. The fourth-order valence-corrected chi connectivity index (χ4v) is 5.73. The maximum absolute atomic E-state index is 13.2. The average molecular weight is 703 g/mol. The molecule has 3 heterocycles. The minimum Gasteiger partial charge on any atom is -0.472 e. The number of halogens is 5. The van der Waals surface area contributed by atoms with Crippen LogP contribution in [-0.2, 0) is 14.6 Å². The lowest BCUT2D eigenvalue weighted by Gasteiger charge is -2.25. The first-order valence-electron chi connectivity index (χ1n) is 14.3. The van der Waals surface area contributed by atoms with Gasteiger partial charge in [0.15, 0.2) is 9.84 Å². The third-order valence-electron chi connectivity index (χ3n) is 7.13. The van der Waals surface area contributed by atoms with E-state index in [4.69, 9.17) is 10.5 Å². The van der Waals surface area contributed by atoms with E-state index in [1.807, 2.05) is 0 Å². The molecule has 13 nitrogen and oxygen atoms in total. The Kier molecular flexibility index (Phi) is 11.6. The number of pyridine rings is 2. The van der Waals surface area contributed by atoms with E-state index in [-0.39, 0.29) is 41.6 Å². The first-order valence-corrected chi connectivity index (χ1v) is 16.0. The highest BCUT2D eigenvalue weighted by molar-refractivity contribution is 7.91. The number of rotatable bonds is 14. The van der Waals surface area contributed by atoms with Gasteiger partial charge in [0.05, 0.1) is 47.6 Å². The molecule has 48 heavy (non-hydrogen) atoms. The zero-order valence-electron chi connectivity index (χ0n) is 25.2. The van der Waals surface area contributed by atoms with Crippen LogP contribution in [0.3, 0.4) is 0 Å². The fraction of sp³-hybridized carbons (Fsp3) is 0.379. The molecular formula is C29H31F5N6O7S. The molecule has 3 amide bonds. The molecule has 0 saturated carbocycles. The molecule has 0 radical (unpaired) electrons. The number of hydrogen-bond acceptors (Lipinski definition) is 10. The summed E-state index contributed by atoms with van der Waals surface area (Å²) in [6, 6.07) is 8.61. The maximum Gasteiger partial charge on any atom is 0.573 e. The third kappa shape index (κ3) is 10.1. The van der Waals surface area contributed by atoms with Gasteiger partial charge in [0, 0.05) is 25.2 Å². The van der Waals surface area contributed by atoms with Gasteiger partial charge >= 0.3 is 19.0 Å². The van der Waals surface area contributed by atoms with Crippen molar-refractivity contribution in [3.8, 4) is 11.6 Å². The first-order chi connectivity index (χ1) is 22.6. The SMILES string of the molecule is CCS(=O)(=O)c1ccc([C@H](CNC(N)=O)NC(=O)c2ccc(N3C[C@@H](Oc4ccc(OC(F)(F)F)cn4)C[C@H]3COC(F)F)nc2)cc1. The normalized spacial score (nSPS) is 17.2. The highest BCUT2D eigenvalue weighted by Crippen LogP contribution is 2.29. The van der Waals surface area contributed by atoms with Gasteiger partial charge in [-0.2, -0.15) is 8.78 Å². The zero-order chi connectivity index (χ0) is 35.1. The van der Waals surface area contributed by atoms with Gasteiger partial charge in [0.1, 0.15) is 17.7 Å². The molecule has 260 valence electrons. The van der Waals surface area contributed by atoms with E-state index in [0.29, 0.717) is 11.4 Å².